The lowest BCUT2D eigenvalue weighted by atomic mass is 9.44. The number of aryl methyl sites for hydroxylation is 1. The summed E-state index contributed by atoms with van der Waals surface area (Å²) in [6.07, 6.45) is 8.37. The number of aliphatic hydroxyl groups excluding tert-OH is 1. The Bertz CT molecular complexity index is 650. The van der Waals surface area contributed by atoms with Gasteiger partial charge in [-0.25, -0.2) is 0 Å². The van der Waals surface area contributed by atoms with Crippen molar-refractivity contribution in [2.45, 2.75) is 63.9 Å². The molecule has 0 radical (unpaired) electrons. The van der Waals surface area contributed by atoms with Gasteiger partial charge < -0.3 is 14.3 Å². The van der Waals surface area contributed by atoms with Gasteiger partial charge in [0, 0.05) is 5.92 Å². The minimum Gasteiger partial charge on any atom is -0.472 e. The number of hydrogen-bond acceptors (Lipinski definition) is 4. The zero-order chi connectivity index (χ0) is 16.5. The molecule has 2 aliphatic carbocycles. The average molecular weight is 318 g/mol. The number of fused-ring (bicyclic) bond motifs is 5. The molecule has 1 aromatic rings. The Balaban J connectivity index is 1.81. The van der Waals surface area contributed by atoms with Crippen LogP contribution in [0.2, 0.25) is 0 Å². The van der Waals surface area contributed by atoms with Crippen molar-refractivity contribution in [3.05, 3.63) is 23.7 Å². The highest BCUT2D eigenvalue weighted by Gasteiger charge is 2.63. The highest BCUT2D eigenvalue weighted by molar-refractivity contribution is 5.72. The zero-order valence-electron chi connectivity index (χ0n) is 14.2. The van der Waals surface area contributed by atoms with E-state index < -0.39 is 5.60 Å². The van der Waals surface area contributed by atoms with Gasteiger partial charge in [0.2, 0.25) is 0 Å². The van der Waals surface area contributed by atoms with E-state index in [0.29, 0.717) is 12.3 Å². The molecule has 4 nitrogen and oxygen atoms in total. The fraction of sp³-hybridized carbons (Fsp3) is 0.737. The molecule has 3 aliphatic rings. The molecular weight excluding hydrogens is 292 g/mol. The van der Waals surface area contributed by atoms with E-state index in [1.165, 1.54) is 11.1 Å². The summed E-state index contributed by atoms with van der Waals surface area (Å²) >= 11 is 0. The van der Waals surface area contributed by atoms with Crippen LogP contribution in [0.3, 0.4) is 0 Å². The number of furan rings is 1. The first kappa shape index (κ1) is 15.3. The SMILES string of the molecule is C[C@]12CC(=O)O[C@@](C)(CO)C1CC[C@@]1(C)c3cocc3CCC21. The Morgan fingerprint density at radius 1 is 1.22 bits per heavy atom. The van der Waals surface area contributed by atoms with Crippen LogP contribution in [0.1, 0.15) is 57.6 Å². The summed E-state index contributed by atoms with van der Waals surface area (Å²) in [4.78, 5) is 12.3. The van der Waals surface area contributed by atoms with E-state index in [2.05, 4.69) is 13.8 Å². The predicted molar refractivity (Wildman–Crippen MR) is 84.9 cm³/mol. The van der Waals surface area contributed by atoms with Gasteiger partial charge in [0.15, 0.2) is 0 Å². The zero-order valence-corrected chi connectivity index (χ0v) is 14.2. The van der Waals surface area contributed by atoms with Crippen molar-refractivity contribution in [2.75, 3.05) is 6.61 Å². The Morgan fingerprint density at radius 2 is 2.00 bits per heavy atom. The van der Waals surface area contributed by atoms with Crippen LogP contribution in [0, 0.1) is 17.3 Å². The first-order valence-electron chi connectivity index (χ1n) is 8.72. The number of rotatable bonds is 1. The molecule has 2 unspecified atom stereocenters. The summed E-state index contributed by atoms with van der Waals surface area (Å²) < 4.78 is 11.1. The molecule has 4 rings (SSSR count). The monoisotopic (exact) mass is 318 g/mol. The van der Waals surface area contributed by atoms with E-state index in [9.17, 15) is 9.90 Å². The van der Waals surface area contributed by atoms with Crippen molar-refractivity contribution >= 4 is 5.97 Å². The maximum absolute atomic E-state index is 12.3. The van der Waals surface area contributed by atoms with Crippen molar-refractivity contribution in [1.29, 1.82) is 0 Å². The van der Waals surface area contributed by atoms with Crippen LogP contribution in [-0.2, 0) is 21.4 Å². The van der Waals surface area contributed by atoms with Crippen LogP contribution in [0.5, 0.6) is 0 Å². The van der Waals surface area contributed by atoms with Crippen molar-refractivity contribution < 1.29 is 19.1 Å². The highest BCUT2D eigenvalue weighted by atomic mass is 16.6. The van der Waals surface area contributed by atoms with Crippen LogP contribution in [-0.4, -0.2) is 23.3 Å². The summed E-state index contributed by atoms with van der Waals surface area (Å²) in [5.41, 5.74) is 1.84. The van der Waals surface area contributed by atoms with Gasteiger partial charge in [-0.1, -0.05) is 13.8 Å². The number of esters is 1. The lowest BCUT2D eigenvalue weighted by Gasteiger charge is -2.62. The second-order valence-corrected chi connectivity index (χ2v) is 8.54. The summed E-state index contributed by atoms with van der Waals surface area (Å²) in [6.45, 7) is 6.39. The molecule has 5 atom stereocenters. The van der Waals surface area contributed by atoms with Gasteiger partial charge in [0.1, 0.15) is 5.60 Å². The number of carbonyl (C=O) groups excluding carboxylic acids is 1. The second-order valence-electron chi connectivity index (χ2n) is 8.54. The summed E-state index contributed by atoms with van der Waals surface area (Å²) in [5.74, 6) is 0.462. The van der Waals surface area contributed by atoms with E-state index >= 15 is 0 Å². The van der Waals surface area contributed by atoms with E-state index in [1.54, 1.807) is 0 Å². The van der Waals surface area contributed by atoms with Gasteiger partial charge in [-0.2, -0.15) is 0 Å². The molecule has 23 heavy (non-hydrogen) atoms. The van der Waals surface area contributed by atoms with Crippen molar-refractivity contribution in [3.63, 3.8) is 0 Å². The number of carbonyl (C=O) groups is 1. The molecule has 2 fully saturated rings. The summed E-state index contributed by atoms with van der Waals surface area (Å²) in [6, 6.07) is 0. The Labute approximate surface area is 137 Å². The molecule has 4 heteroatoms. The minimum atomic E-state index is -0.748. The molecule has 1 aromatic heterocycles. The van der Waals surface area contributed by atoms with E-state index in [-0.39, 0.29) is 29.3 Å². The largest absolute Gasteiger partial charge is 0.472 e. The number of aliphatic hydroxyl groups is 1. The predicted octanol–water partition coefficient (Wildman–Crippen LogP) is 3.21. The molecular formula is C19H26O4. The first-order chi connectivity index (χ1) is 10.8. The molecule has 0 aromatic carbocycles. The third-order valence-corrected chi connectivity index (χ3v) is 7.30. The van der Waals surface area contributed by atoms with Crippen LogP contribution in [0.15, 0.2) is 16.9 Å². The Kier molecular flexibility index (Phi) is 3.07. The molecule has 1 aliphatic heterocycles. The molecule has 1 saturated carbocycles. The van der Waals surface area contributed by atoms with Gasteiger partial charge in [0.25, 0.3) is 0 Å². The standard InChI is InChI=1S/C19H26O4/c1-17-7-6-15-18(2,8-16(21)23-19(15,3)11-20)14(17)5-4-12-9-22-10-13(12)17/h9-10,14-15,20H,4-8,11H2,1-3H3/t14?,15?,17-,18+,19-/m0/s1. The fourth-order valence-electron chi connectivity index (χ4n) is 6.28. The van der Waals surface area contributed by atoms with E-state index in [1.807, 2.05) is 19.5 Å². The van der Waals surface area contributed by atoms with Crippen molar-refractivity contribution in [1.82, 2.24) is 0 Å². The quantitative estimate of drug-likeness (QED) is 0.808. The lowest BCUT2D eigenvalue weighted by Crippen LogP contribution is -2.63. The lowest BCUT2D eigenvalue weighted by molar-refractivity contribution is -0.219. The maximum Gasteiger partial charge on any atom is 0.306 e. The molecule has 1 N–H and O–H groups in total. The van der Waals surface area contributed by atoms with Gasteiger partial charge in [0.05, 0.1) is 25.6 Å². The van der Waals surface area contributed by atoms with Gasteiger partial charge in [-0.05, 0) is 60.5 Å². The van der Waals surface area contributed by atoms with Crippen molar-refractivity contribution in [2.24, 2.45) is 17.3 Å². The smallest absolute Gasteiger partial charge is 0.306 e. The van der Waals surface area contributed by atoms with Crippen LogP contribution in [0.25, 0.3) is 0 Å². The minimum absolute atomic E-state index is 0.0554. The van der Waals surface area contributed by atoms with Crippen LogP contribution >= 0.6 is 0 Å². The third-order valence-electron chi connectivity index (χ3n) is 7.30. The molecule has 126 valence electrons. The van der Waals surface area contributed by atoms with Crippen LogP contribution < -0.4 is 0 Å². The molecule has 1 saturated heterocycles. The van der Waals surface area contributed by atoms with Crippen molar-refractivity contribution in [3.8, 4) is 0 Å². The molecule has 0 amide bonds. The Morgan fingerprint density at radius 3 is 2.74 bits per heavy atom. The number of ether oxygens (including phenoxy) is 1. The van der Waals surface area contributed by atoms with E-state index in [4.69, 9.17) is 9.15 Å². The highest BCUT2D eigenvalue weighted by Crippen LogP contribution is 2.64. The Hall–Kier alpha value is -1.29. The van der Waals surface area contributed by atoms with Gasteiger partial charge in [-0.15, -0.1) is 0 Å². The topological polar surface area (TPSA) is 59.7 Å². The van der Waals surface area contributed by atoms with Gasteiger partial charge in [-0.3, -0.25) is 4.79 Å². The number of cyclic esters (lactones) is 1. The molecule has 0 spiro atoms. The fourth-order valence-corrected chi connectivity index (χ4v) is 6.28. The second kappa shape index (κ2) is 4.62. The summed E-state index contributed by atoms with van der Waals surface area (Å²) in [5, 5.41) is 9.91. The first-order valence-corrected chi connectivity index (χ1v) is 8.72. The third kappa shape index (κ3) is 1.84. The average Bonchev–Trinajstić information content (AvgIpc) is 2.95. The summed E-state index contributed by atoms with van der Waals surface area (Å²) in [7, 11) is 0. The normalized spacial score (nSPS) is 45.7. The van der Waals surface area contributed by atoms with Crippen LogP contribution in [0.4, 0.5) is 0 Å². The van der Waals surface area contributed by atoms with Gasteiger partial charge >= 0.3 is 5.97 Å². The molecule has 2 heterocycles. The molecule has 0 bridgehead atoms. The van der Waals surface area contributed by atoms with E-state index in [0.717, 1.165) is 25.7 Å². The number of hydrogen-bond donors (Lipinski definition) is 1. The maximum atomic E-state index is 12.3.